The molecular formula is C20H31NO9. The molecular weight excluding hydrogens is 398 g/mol. The van der Waals surface area contributed by atoms with Crippen molar-refractivity contribution in [2.45, 2.75) is 96.5 Å². The van der Waals surface area contributed by atoms with E-state index in [9.17, 15) is 19.2 Å². The van der Waals surface area contributed by atoms with E-state index in [2.05, 4.69) is 5.32 Å². The Morgan fingerprint density at radius 2 is 1.47 bits per heavy atom. The molecule has 1 aliphatic carbocycles. The Morgan fingerprint density at radius 1 is 0.867 bits per heavy atom. The summed E-state index contributed by atoms with van der Waals surface area (Å²) < 4.78 is 28.0. The highest BCUT2D eigenvalue weighted by Gasteiger charge is 2.51. The van der Waals surface area contributed by atoms with Gasteiger partial charge in [0, 0.05) is 27.7 Å². The van der Waals surface area contributed by atoms with E-state index in [-0.39, 0.29) is 12.7 Å². The summed E-state index contributed by atoms with van der Waals surface area (Å²) in [5.41, 5.74) is 0. The molecule has 30 heavy (non-hydrogen) atoms. The summed E-state index contributed by atoms with van der Waals surface area (Å²) in [6.45, 7) is 4.73. The Bertz CT molecular complexity index is 632. The Balaban J connectivity index is 2.34. The number of carbonyl (C=O) groups is 4. The van der Waals surface area contributed by atoms with E-state index in [4.69, 9.17) is 23.7 Å². The van der Waals surface area contributed by atoms with Crippen LogP contribution < -0.4 is 5.32 Å². The Morgan fingerprint density at radius 3 is 2.00 bits per heavy atom. The molecule has 1 heterocycles. The largest absolute Gasteiger partial charge is 0.463 e. The lowest BCUT2D eigenvalue weighted by Crippen LogP contribution is -2.67. The molecule has 2 rings (SSSR count). The average molecular weight is 429 g/mol. The highest BCUT2D eigenvalue weighted by molar-refractivity contribution is 5.73. The number of hydrogen-bond acceptors (Lipinski definition) is 9. The van der Waals surface area contributed by atoms with Gasteiger partial charge in [0.1, 0.15) is 18.8 Å². The first kappa shape index (κ1) is 24.1. The molecule has 1 N–H and O–H groups in total. The predicted octanol–water partition coefficient (Wildman–Crippen LogP) is 0.992. The van der Waals surface area contributed by atoms with Crippen LogP contribution >= 0.6 is 0 Å². The van der Waals surface area contributed by atoms with Crippen LogP contribution in [0.3, 0.4) is 0 Å². The van der Waals surface area contributed by atoms with Crippen molar-refractivity contribution in [1.82, 2.24) is 5.32 Å². The van der Waals surface area contributed by atoms with Gasteiger partial charge in [-0.1, -0.05) is 19.3 Å². The topological polar surface area (TPSA) is 126 Å². The smallest absolute Gasteiger partial charge is 0.303 e. The summed E-state index contributed by atoms with van der Waals surface area (Å²) in [6.07, 6.45) is 0.643. The summed E-state index contributed by atoms with van der Waals surface area (Å²) >= 11 is 0. The minimum Gasteiger partial charge on any atom is -0.463 e. The lowest BCUT2D eigenvalue weighted by molar-refractivity contribution is -0.289. The van der Waals surface area contributed by atoms with E-state index in [1.54, 1.807) is 0 Å². The van der Waals surface area contributed by atoms with E-state index in [0.717, 1.165) is 32.1 Å². The van der Waals surface area contributed by atoms with Crippen LogP contribution in [-0.4, -0.2) is 67.2 Å². The number of nitrogens with one attached hydrogen (secondary N) is 1. The Hall–Kier alpha value is -2.20. The second-order valence-electron chi connectivity index (χ2n) is 7.62. The number of amides is 1. The molecule has 10 nitrogen and oxygen atoms in total. The Kier molecular flexibility index (Phi) is 9.04. The fourth-order valence-corrected chi connectivity index (χ4v) is 3.80. The predicted molar refractivity (Wildman–Crippen MR) is 102 cm³/mol. The van der Waals surface area contributed by atoms with Crippen LogP contribution in [0, 0.1) is 0 Å². The van der Waals surface area contributed by atoms with Gasteiger partial charge in [-0.05, 0) is 12.8 Å². The third-order valence-corrected chi connectivity index (χ3v) is 4.95. The molecule has 0 aromatic rings. The van der Waals surface area contributed by atoms with Crippen molar-refractivity contribution in [1.29, 1.82) is 0 Å². The van der Waals surface area contributed by atoms with E-state index < -0.39 is 54.5 Å². The SMILES string of the molecule is CC(=O)N[C@@H]1[C@H](OC2CCCCC2)O[C@@H](COC(C)=O)[C@@H](OC(C)=O)[C@@H]1OC(C)=O. The standard InChI is InChI=1S/C20H31NO9/c1-11(22)21-17-19(28-14(4)25)18(27-13(3)24)16(10-26-12(2)23)30-20(17)29-15-8-6-5-7-9-15/h15-20H,5-10H2,1-4H3,(H,21,22)/t16-,17-,18+,19+,20+/m0/s1. The molecule has 2 fully saturated rings. The van der Waals surface area contributed by atoms with Crippen LogP contribution in [0.1, 0.15) is 59.8 Å². The third-order valence-electron chi connectivity index (χ3n) is 4.95. The zero-order chi connectivity index (χ0) is 22.3. The monoisotopic (exact) mass is 429 g/mol. The summed E-state index contributed by atoms with van der Waals surface area (Å²) in [6, 6.07) is -0.911. The summed E-state index contributed by atoms with van der Waals surface area (Å²) in [5.74, 6) is -2.20. The van der Waals surface area contributed by atoms with Crippen molar-refractivity contribution < 1.29 is 42.9 Å². The van der Waals surface area contributed by atoms with Gasteiger partial charge < -0.3 is 29.0 Å². The second-order valence-corrected chi connectivity index (χ2v) is 7.62. The van der Waals surface area contributed by atoms with Crippen molar-refractivity contribution >= 4 is 23.8 Å². The zero-order valence-corrected chi connectivity index (χ0v) is 17.9. The Labute approximate surface area is 175 Å². The first-order valence-electron chi connectivity index (χ1n) is 10.2. The number of ether oxygens (including phenoxy) is 5. The van der Waals surface area contributed by atoms with E-state index in [1.165, 1.54) is 27.7 Å². The molecule has 1 aliphatic heterocycles. The maximum atomic E-state index is 11.9. The first-order valence-corrected chi connectivity index (χ1v) is 10.2. The third kappa shape index (κ3) is 7.24. The van der Waals surface area contributed by atoms with Crippen LogP contribution in [0.25, 0.3) is 0 Å². The van der Waals surface area contributed by atoms with E-state index in [1.807, 2.05) is 0 Å². The number of hydrogen-bond donors (Lipinski definition) is 1. The molecule has 5 atom stereocenters. The molecule has 0 radical (unpaired) electrons. The van der Waals surface area contributed by atoms with Crippen molar-refractivity contribution in [2.24, 2.45) is 0 Å². The van der Waals surface area contributed by atoms with Crippen LogP contribution in [0.5, 0.6) is 0 Å². The van der Waals surface area contributed by atoms with Gasteiger partial charge in [0.05, 0.1) is 6.10 Å². The van der Waals surface area contributed by atoms with Gasteiger partial charge in [-0.15, -0.1) is 0 Å². The van der Waals surface area contributed by atoms with Crippen molar-refractivity contribution in [3.8, 4) is 0 Å². The quantitative estimate of drug-likeness (QED) is 0.466. The van der Waals surface area contributed by atoms with Gasteiger partial charge in [0.2, 0.25) is 5.91 Å². The van der Waals surface area contributed by atoms with Gasteiger partial charge in [0.15, 0.2) is 18.5 Å². The number of rotatable bonds is 7. The summed E-state index contributed by atoms with van der Waals surface area (Å²) in [4.78, 5) is 46.7. The first-order chi connectivity index (χ1) is 14.2. The molecule has 0 aromatic heterocycles. The molecule has 0 spiro atoms. The van der Waals surface area contributed by atoms with E-state index in [0.29, 0.717) is 0 Å². The summed E-state index contributed by atoms with van der Waals surface area (Å²) in [5, 5.41) is 2.70. The molecule has 1 saturated carbocycles. The molecule has 0 bridgehead atoms. The molecule has 1 saturated heterocycles. The van der Waals surface area contributed by atoms with Gasteiger partial charge in [-0.25, -0.2) is 0 Å². The molecule has 0 unspecified atom stereocenters. The molecule has 2 aliphatic rings. The highest BCUT2D eigenvalue weighted by atomic mass is 16.7. The van der Waals surface area contributed by atoms with Crippen LogP contribution in [0.15, 0.2) is 0 Å². The van der Waals surface area contributed by atoms with Crippen molar-refractivity contribution in [3.63, 3.8) is 0 Å². The molecule has 1 amide bonds. The van der Waals surface area contributed by atoms with Crippen LogP contribution in [-0.2, 0) is 42.9 Å². The number of esters is 3. The maximum absolute atomic E-state index is 11.9. The fourth-order valence-electron chi connectivity index (χ4n) is 3.80. The zero-order valence-electron chi connectivity index (χ0n) is 17.9. The molecule has 170 valence electrons. The molecule has 10 heteroatoms. The van der Waals surface area contributed by atoms with Gasteiger partial charge in [0.25, 0.3) is 0 Å². The van der Waals surface area contributed by atoms with Gasteiger partial charge >= 0.3 is 17.9 Å². The van der Waals surface area contributed by atoms with Crippen molar-refractivity contribution in [3.05, 3.63) is 0 Å². The fraction of sp³-hybridized carbons (Fsp3) is 0.800. The van der Waals surface area contributed by atoms with Gasteiger partial charge in [-0.2, -0.15) is 0 Å². The van der Waals surface area contributed by atoms with Crippen LogP contribution in [0.2, 0.25) is 0 Å². The second kappa shape index (κ2) is 11.3. The van der Waals surface area contributed by atoms with Gasteiger partial charge in [-0.3, -0.25) is 19.2 Å². The molecule has 0 aromatic carbocycles. The van der Waals surface area contributed by atoms with Crippen molar-refractivity contribution in [2.75, 3.05) is 6.61 Å². The minimum absolute atomic E-state index is 0.0855. The van der Waals surface area contributed by atoms with Crippen LogP contribution in [0.4, 0.5) is 0 Å². The summed E-state index contributed by atoms with van der Waals surface area (Å²) in [7, 11) is 0. The lowest BCUT2D eigenvalue weighted by atomic mass is 9.94. The van der Waals surface area contributed by atoms with E-state index >= 15 is 0 Å². The lowest BCUT2D eigenvalue weighted by Gasteiger charge is -2.46. The number of carbonyl (C=O) groups excluding carboxylic acids is 4. The average Bonchev–Trinajstić information content (AvgIpc) is 2.64. The highest BCUT2D eigenvalue weighted by Crippen LogP contribution is 2.31. The maximum Gasteiger partial charge on any atom is 0.303 e. The minimum atomic E-state index is -1.10. The normalized spacial score (nSPS) is 29.5.